The molecule has 0 saturated heterocycles. The molecule has 98 valence electrons. The molecule has 1 aromatic carbocycles. The summed E-state index contributed by atoms with van der Waals surface area (Å²) in [5.41, 5.74) is -0.115. The van der Waals surface area contributed by atoms with Crippen LogP contribution >= 0.6 is 34.8 Å². The number of rotatable bonds is 3. The first kappa shape index (κ1) is 13.9. The zero-order valence-electron chi connectivity index (χ0n) is 9.23. The maximum absolute atomic E-state index is 11.0. The Labute approximate surface area is 123 Å². The molecule has 19 heavy (non-hydrogen) atoms. The second kappa shape index (κ2) is 5.65. The van der Waals surface area contributed by atoms with Crippen molar-refractivity contribution in [3.8, 4) is 11.6 Å². The van der Waals surface area contributed by atoms with E-state index in [0.29, 0.717) is 5.02 Å². The zero-order chi connectivity index (χ0) is 14.0. The third kappa shape index (κ3) is 3.29. The SMILES string of the molecule is O=C(O)c1ccc(Cl)nc1Oc1ccc(Cl)cc1Cl. The summed E-state index contributed by atoms with van der Waals surface area (Å²) in [7, 11) is 0. The highest BCUT2D eigenvalue weighted by Gasteiger charge is 2.15. The van der Waals surface area contributed by atoms with E-state index in [0.717, 1.165) is 0 Å². The number of halogens is 3. The predicted octanol–water partition coefficient (Wildman–Crippen LogP) is 4.53. The summed E-state index contributed by atoms with van der Waals surface area (Å²) in [5, 5.41) is 9.83. The molecule has 1 heterocycles. The lowest BCUT2D eigenvalue weighted by Gasteiger charge is -2.09. The fraction of sp³-hybridized carbons (Fsp3) is 0. The zero-order valence-corrected chi connectivity index (χ0v) is 11.5. The third-order valence-electron chi connectivity index (χ3n) is 2.16. The second-order valence-corrected chi connectivity index (χ2v) is 4.70. The fourth-order valence-corrected chi connectivity index (χ4v) is 1.91. The summed E-state index contributed by atoms with van der Waals surface area (Å²) >= 11 is 17.4. The average molecular weight is 319 g/mol. The summed E-state index contributed by atoms with van der Waals surface area (Å²) in [5.74, 6) is -1.07. The normalized spacial score (nSPS) is 10.3. The van der Waals surface area contributed by atoms with Gasteiger partial charge in [0.25, 0.3) is 0 Å². The number of hydrogen-bond acceptors (Lipinski definition) is 3. The maximum Gasteiger partial charge on any atom is 0.341 e. The first-order valence-electron chi connectivity index (χ1n) is 5.00. The Bertz CT molecular complexity index is 646. The molecule has 0 bridgehead atoms. The number of carboxylic acids is 1. The minimum absolute atomic E-state index is 0.115. The lowest BCUT2D eigenvalue weighted by Crippen LogP contribution is -2.02. The van der Waals surface area contributed by atoms with Gasteiger partial charge in [0.2, 0.25) is 5.88 Å². The van der Waals surface area contributed by atoms with Crippen molar-refractivity contribution in [1.29, 1.82) is 0 Å². The molecule has 0 amide bonds. The number of aromatic nitrogens is 1. The summed E-state index contributed by atoms with van der Waals surface area (Å²) in [6.45, 7) is 0. The van der Waals surface area contributed by atoms with Crippen molar-refractivity contribution in [1.82, 2.24) is 4.98 Å². The van der Waals surface area contributed by atoms with Crippen molar-refractivity contribution < 1.29 is 14.6 Å². The third-order valence-corrected chi connectivity index (χ3v) is 2.90. The molecule has 1 N–H and O–H groups in total. The topological polar surface area (TPSA) is 59.4 Å². The van der Waals surface area contributed by atoms with Crippen molar-refractivity contribution in [2.45, 2.75) is 0 Å². The number of aromatic carboxylic acids is 1. The average Bonchev–Trinajstić information content (AvgIpc) is 2.32. The van der Waals surface area contributed by atoms with E-state index in [1.54, 1.807) is 6.07 Å². The van der Waals surface area contributed by atoms with Crippen LogP contribution in [0.2, 0.25) is 15.2 Å². The Morgan fingerprint density at radius 1 is 1.16 bits per heavy atom. The molecular formula is C12H6Cl3NO3. The molecule has 1 aromatic heterocycles. The standard InChI is InChI=1S/C12H6Cl3NO3/c13-6-1-3-9(8(14)5-6)19-11-7(12(17)18)2-4-10(15)16-11/h1-5H,(H,17,18). The van der Waals surface area contributed by atoms with E-state index in [4.69, 9.17) is 44.6 Å². The van der Waals surface area contributed by atoms with E-state index in [2.05, 4.69) is 4.98 Å². The van der Waals surface area contributed by atoms with Gasteiger partial charge in [0, 0.05) is 5.02 Å². The first-order valence-corrected chi connectivity index (χ1v) is 6.13. The van der Waals surface area contributed by atoms with Gasteiger partial charge in [0.1, 0.15) is 16.5 Å². The lowest BCUT2D eigenvalue weighted by atomic mass is 10.3. The van der Waals surface area contributed by atoms with Gasteiger partial charge in [-0.25, -0.2) is 9.78 Å². The van der Waals surface area contributed by atoms with E-state index in [1.807, 2.05) is 0 Å². The largest absolute Gasteiger partial charge is 0.477 e. The molecule has 2 rings (SSSR count). The van der Waals surface area contributed by atoms with Crippen LogP contribution in [0.25, 0.3) is 0 Å². The van der Waals surface area contributed by atoms with Crippen LogP contribution in [0.1, 0.15) is 10.4 Å². The van der Waals surface area contributed by atoms with Crippen LogP contribution in [0.3, 0.4) is 0 Å². The smallest absolute Gasteiger partial charge is 0.341 e. The van der Waals surface area contributed by atoms with E-state index in [-0.39, 0.29) is 27.4 Å². The summed E-state index contributed by atoms with van der Waals surface area (Å²) in [6, 6.07) is 7.22. The van der Waals surface area contributed by atoms with Gasteiger partial charge in [-0.05, 0) is 30.3 Å². The molecule has 0 unspecified atom stereocenters. The Morgan fingerprint density at radius 3 is 2.53 bits per heavy atom. The monoisotopic (exact) mass is 317 g/mol. The maximum atomic E-state index is 11.0. The number of nitrogens with zero attached hydrogens (tertiary/aromatic N) is 1. The van der Waals surface area contributed by atoms with Crippen molar-refractivity contribution in [2.24, 2.45) is 0 Å². The van der Waals surface area contributed by atoms with Crippen molar-refractivity contribution in [3.63, 3.8) is 0 Å². The minimum atomic E-state index is -1.18. The van der Waals surface area contributed by atoms with E-state index in [9.17, 15) is 4.79 Å². The van der Waals surface area contributed by atoms with Gasteiger partial charge in [-0.1, -0.05) is 34.8 Å². The molecule has 0 fully saturated rings. The van der Waals surface area contributed by atoms with Gasteiger partial charge in [-0.3, -0.25) is 0 Å². The molecule has 0 atom stereocenters. The number of benzene rings is 1. The Morgan fingerprint density at radius 2 is 1.89 bits per heavy atom. The molecule has 2 aromatic rings. The van der Waals surface area contributed by atoms with Gasteiger partial charge in [-0.15, -0.1) is 0 Å². The lowest BCUT2D eigenvalue weighted by molar-refractivity contribution is 0.0693. The van der Waals surface area contributed by atoms with Crippen LogP contribution in [0.15, 0.2) is 30.3 Å². The number of hydrogen-bond donors (Lipinski definition) is 1. The van der Waals surface area contributed by atoms with E-state index in [1.165, 1.54) is 24.3 Å². The molecule has 0 radical (unpaired) electrons. The molecule has 4 nitrogen and oxygen atoms in total. The fourth-order valence-electron chi connectivity index (χ4n) is 1.32. The van der Waals surface area contributed by atoms with Gasteiger partial charge in [-0.2, -0.15) is 0 Å². The Kier molecular flexibility index (Phi) is 4.14. The summed E-state index contributed by atoms with van der Waals surface area (Å²) in [6.07, 6.45) is 0. The highest BCUT2D eigenvalue weighted by molar-refractivity contribution is 6.35. The van der Waals surface area contributed by atoms with Crippen LogP contribution in [0.5, 0.6) is 11.6 Å². The van der Waals surface area contributed by atoms with Gasteiger partial charge < -0.3 is 9.84 Å². The highest BCUT2D eigenvalue weighted by Crippen LogP contribution is 2.32. The van der Waals surface area contributed by atoms with Crippen LogP contribution in [-0.2, 0) is 0 Å². The molecule has 0 aliphatic heterocycles. The number of carbonyl (C=O) groups is 1. The van der Waals surface area contributed by atoms with Crippen LogP contribution in [0.4, 0.5) is 0 Å². The minimum Gasteiger partial charge on any atom is -0.477 e. The van der Waals surface area contributed by atoms with Crippen LogP contribution < -0.4 is 4.74 Å². The molecule has 0 spiro atoms. The molecule has 0 aliphatic carbocycles. The first-order chi connectivity index (χ1) is 8.97. The van der Waals surface area contributed by atoms with Crippen LogP contribution in [0, 0.1) is 0 Å². The molecule has 7 heteroatoms. The van der Waals surface area contributed by atoms with Crippen molar-refractivity contribution >= 4 is 40.8 Å². The summed E-state index contributed by atoms with van der Waals surface area (Å²) < 4.78 is 5.37. The number of pyridine rings is 1. The van der Waals surface area contributed by atoms with Crippen molar-refractivity contribution in [3.05, 3.63) is 51.1 Å². The molecular weight excluding hydrogens is 312 g/mol. The quantitative estimate of drug-likeness (QED) is 0.844. The Balaban J connectivity index is 2.42. The van der Waals surface area contributed by atoms with Crippen LogP contribution in [-0.4, -0.2) is 16.1 Å². The summed E-state index contributed by atoms with van der Waals surface area (Å²) in [4.78, 5) is 14.9. The Hall–Kier alpha value is -1.49. The second-order valence-electron chi connectivity index (χ2n) is 3.47. The predicted molar refractivity (Wildman–Crippen MR) is 72.7 cm³/mol. The van der Waals surface area contributed by atoms with E-state index < -0.39 is 5.97 Å². The number of ether oxygens (including phenoxy) is 1. The van der Waals surface area contributed by atoms with Gasteiger partial charge in [0.05, 0.1) is 5.02 Å². The molecule has 0 saturated carbocycles. The molecule has 0 aliphatic rings. The van der Waals surface area contributed by atoms with Crippen molar-refractivity contribution in [2.75, 3.05) is 0 Å². The van der Waals surface area contributed by atoms with E-state index >= 15 is 0 Å². The van der Waals surface area contributed by atoms with Gasteiger partial charge in [0.15, 0.2) is 0 Å². The highest BCUT2D eigenvalue weighted by atomic mass is 35.5. The van der Waals surface area contributed by atoms with Gasteiger partial charge >= 0.3 is 5.97 Å². The number of carboxylic acid groups (broad SMARTS) is 1.